The number of carbonyl (C=O) groups excluding carboxylic acids is 1. The van der Waals surface area contributed by atoms with Gasteiger partial charge in [0.2, 0.25) is 15.9 Å². The number of aromatic nitrogens is 1. The first kappa shape index (κ1) is 20.3. The maximum Gasteiger partial charge on any atom is 0.240 e. The maximum atomic E-state index is 12.5. The molecule has 1 aromatic heterocycles. The Balaban J connectivity index is 1.29. The lowest BCUT2D eigenvalue weighted by Gasteiger charge is -2.18. The molecule has 0 radical (unpaired) electrons. The minimum Gasteiger partial charge on any atom is -0.486 e. The molecule has 0 aliphatic carbocycles. The van der Waals surface area contributed by atoms with Gasteiger partial charge in [0.1, 0.15) is 18.2 Å². The number of fused-ring (bicyclic) bond motifs is 1. The van der Waals surface area contributed by atoms with E-state index in [2.05, 4.69) is 15.0 Å². The largest absolute Gasteiger partial charge is 0.486 e. The Labute approximate surface area is 177 Å². The summed E-state index contributed by atoms with van der Waals surface area (Å²) in [5.74, 6) is 0.616. The number of carbonyl (C=O) groups is 1. The van der Waals surface area contributed by atoms with Crippen molar-refractivity contribution >= 4 is 33.0 Å². The molecule has 30 heavy (non-hydrogen) atoms. The molecule has 0 bridgehead atoms. The highest BCUT2D eigenvalue weighted by Crippen LogP contribution is 2.32. The molecule has 2 aromatic carbocycles. The van der Waals surface area contributed by atoms with Crippen LogP contribution in [-0.4, -0.2) is 39.1 Å². The van der Waals surface area contributed by atoms with Crippen molar-refractivity contribution in [3.05, 3.63) is 54.0 Å². The van der Waals surface area contributed by atoms with Gasteiger partial charge in [-0.2, -0.15) is 0 Å². The molecule has 0 saturated heterocycles. The zero-order valence-corrected chi connectivity index (χ0v) is 17.5. The quantitative estimate of drug-likeness (QED) is 0.579. The summed E-state index contributed by atoms with van der Waals surface area (Å²) in [5.41, 5.74) is 1.60. The van der Waals surface area contributed by atoms with Crippen LogP contribution in [0, 0.1) is 0 Å². The topological polar surface area (TPSA) is 107 Å². The van der Waals surface area contributed by atoms with Crippen LogP contribution in [0.3, 0.4) is 0 Å². The van der Waals surface area contributed by atoms with Crippen molar-refractivity contribution in [3.63, 3.8) is 0 Å². The summed E-state index contributed by atoms with van der Waals surface area (Å²) in [6.07, 6.45) is 1.74. The molecule has 1 aliphatic rings. The van der Waals surface area contributed by atoms with E-state index >= 15 is 0 Å². The first-order valence-electron chi connectivity index (χ1n) is 9.20. The third-order valence-electron chi connectivity index (χ3n) is 4.32. The van der Waals surface area contributed by atoms with Crippen molar-refractivity contribution in [1.29, 1.82) is 0 Å². The van der Waals surface area contributed by atoms with Gasteiger partial charge in [0.25, 0.3) is 0 Å². The number of benzene rings is 2. The van der Waals surface area contributed by atoms with Crippen LogP contribution in [0.5, 0.6) is 11.5 Å². The number of hydrogen-bond acceptors (Lipinski definition) is 7. The van der Waals surface area contributed by atoms with E-state index in [1.807, 2.05) is 17.5 Å². The summed E-state index contributed by atoms with van der Waals surface area (Å²) >= 11 is 1.54. The van der Waals surface area contributed by atoms with Gasteiger partial charge in [0, 0.05) is 41.9 Å². The van der Waals surface area contributed by atoms with E-state index in [1.165, 1.54) is 23.5 Å². The fraction of sp³-hybridized carbons (Fsp3) is 0.200. The number of thiazole rings is 1. The van der Waals surface area contributed by atoms with Crippen LogP contribution in [0.1, 0.15) is 6.42 Å². The normalized spacial score (nSPS) is 13.1. The van der Waals surface area contributed by atoms with Gasteiger partial charge < -0.3 is 14.8 Å². The van der Waals surface area contributed by atoms with Crippen molar-refractivity contribution in [2.75, 3.05) is 25.1 Å². The summed E-state index contributed by atoms with van der Waals surface area (Å²) in [4.78, 5) is 16.4. The number of nitrogens with zero attached hydrogens (tertiary/aromatic N) is 1. The lowest BCUT2D eigenvalue weighted by Crippen LogP contribution is -2.28. The number of nitrogens with one attached hydrogen (secondary N) is 2. The number of rotatable bonds is 7. The Morgan fingerprint density at radius 1 is 1.07 bits per heavy atom. The van der Waals surface area contributed by atoms with Crippen molar-refractivity contribution in [2.45, 2.75) is 11.3 Å². The smallest absolute Gasteiger partial charge is 0.240 e. The van der Waals surface area contributed by atoms with E-state index < -0.39 is 10.0 Å². The van der Waals surface area contributed by atoms with E-state index in [0.717, 1.165) is 10.6 Å². The molecule has 0 fully saturated rings. The summed E-state index contributed by atoms with van der Waals surface area (Å²) in [7, 11) is -3.76. The van der Waals surface area contributed by atoms with Crippen LogP contribution < -0.4 is 19.5 Å². The molecular formula is C20H19N3O5S2. The van der Waals surface area contributed by atoms with Crippen LogP contribution in [0.4, 0.5) is 5.69 Å². The molecule has 1 aliphatic heterocycles. The molecule has 0 spiro atoms. The van der Waals surface area contributed by atoms with Crippen molar-refractivity contribution in [1.82, 2.24) is 9.71 Å². The van der Waals surface area contributed by atoms with E-state index in [1.54, 1.807) is 24.4 Å². The third-order valence-corrected chi connectivity index (χ3v) is 6.60. The molecule has 0 atom stereocenters. The minimum atomic E-state index is -3.76. The zero-order valence-electron chi connectivity index (χ0n) is 15.8. The third kappa shape index (κ3) is 4.78. The molecule has 8 nitrogen and oxygen atoms in total. The van der Waals surface area contributed by atoms with Crippen LogP contribution >= 0.6 is 11.3 Å². The SMILES string of the molecule is O=C(CCNS(=O)(=O)c1ccc2c(c1)OCCO2)Nc1ccc(-c2nccs2)cc1. The van der Waals surface area contributed by atoms with E-state index in [9.17, 15) is 13.2 Å². The average Bonchev–Trinajstić information content (AvgIpc) is 3.29. The summed E-state index contributed by atoms with van der Waals surface area (Å²) in [6, 6.07) is 11.7. The second-order valence-electron chi connectivity index (χ2n) is 6.42. The molecule has 10 heteroatoms. The Bertz CT molecular complexity index is 1130. The molecule has 156 valence electrons. The molecule has 0 unspecified atom stereocenters. The maximum absolute atomic E-state index is 12.5. The second kappa shape index (κ2) is 8.82. The predicted molar refractivity (Wildman–Crippen MR) is 113 cm³/mol. The highest BCUT2D eigenvalue weighted by Gasteiger charge is 2.19. The highest BCUT2D eigenvalue weighted by molar-refractivity contribution is 7.89. The van der Waals surface area contributed by atoms with Crippen molar-refractivity contribution < 1.29 is 22.7 Å². The predicted octanol–water partition coefficient (Wildman–Crippen LogP) is 2.89. The molecule has 1 amide bonds. The van der Waals surface area contributed by atoms with E-state index in [0.29, 0.717) is 30.4 Å². The first-order chi connectivity index (χ1) is 14.5. The number of anilines is 1. The standard InChI is InChI=1S/C20H19N3O5S2/c24-19(23-15-3-1-14(2-4-15)20-21-9-12-29-20)7-8-22-30(25,26)16-5-6-17-18(13-16)28-11-10-27-17/h1-6,9,12-13,22H,7-8,10-11H2,(H,23,24). The second-order valence-corrected chi connectivity index (χ2v) is 9.08. The van der Waals surface area contributed by atoms with Crippen LogP contribution in [0.2, 0.25) is 0 Å². The van der Waals surface area contributed by atoms with Crippen molar-refractivity contribution in [2.24, 2.45) is 0 Å². The molecule has 3 aromatic rings. The summed E-state index contributed by atoms with van der Waals surface area (Å²) < 4.78 is 38.2. The lowest BCUT2D eigenvalue weighted by atomic mass is 10.2. The van der Waals surface area contributed by atoms with Gasteiger partial charge in [-0.25, -0.2) is 18.1 Å². The van der Waals surface area contributed by atoms with Crippen molar-refractivity contribution in [3.8, 4) is 22.1 Å². The Morgan fingerprint density at radius 2 is 1.83 bits per heavy atom. The monoisotopic (exact) mass is 445 g/mol. The Hall–Kier alpha value is -2.95. The fourth-order valence-corrected chi connectivity index (χ4v) is 4.55. The fourth-order valence-electron chi connectivity index (χ4n) is 2.86. The summed E-state index contributed by atoms with van der Waals surface area (Å²) in [5, 5.41) is 5.56. The molecule has 2 heterocycles. The molecule has 4 rings (SSSR count). The Morgan fingerprint density at radius 3 is 2.57 bits per heavy atom. The molecular weight excluding hydrogens is 426 g/mol. The van der Waals surface area contributed by atoms with Crippen LogP contribution in [0.25, 0.3) is 10.6 Å². The lowest BCUT2D eigenvalue weighted by molar-refractivity contribution is -0.116. The molecule has 2 N–H and O–H groups in total. The number of ether oxygens (including phenoxy) is 2. The van der Waals surface area contributed by atoms with Crippen LogP contribution in [-0.2, 0) is 14.8 Å². The van der Waals surface area contributed by atoms with Gasteiger partial charge in [-0.1, -0.05) is 0 Å². The zero-order chi connectivity index (χ0) is 21.0. The number of sulfonamides is 1. The number of amides is 1. The van der Waals surface area contributed by atoms with E-state index in [-0.39, 0.29) is 23.8 Å². The van der Waals surface area contributed by atoms with Gasteiger partial charge in [0.15, 0.2) is 11.5 Å². The first-order valence-corrected chi connectivity index (χ1v) is 11.6. The molecule has 0 saturated carbocycles. The highest BCUT2D eigenvalue weighted by atomic mass is 32.2. The minimum absolute atomic E-state index is 0.00197. The van der Waals surface area contributed by atoms with Gasteiger partial charge in [0.05, 0.1) is 4.90 Å². The number of hydrogen-bond donors (Lipinski definition) is 2. The Kier molecular flexibility index (Phi) is 5.98. The average molecular weight is 446 g/mol. The van der Waals surface area contributed by atoms with Gasteiger partial charge in [-0.05, 0) is 36.4 Å². The summed E-state index contributed by atoms with van der Waals surface area (Å²) in [6.45, 7) is 0.773. The van der Waals surface area contributed by atoms with Crippen LogP contribution in [0.15, 0.2) is 58.9 Å². The van der Waals surface area contributed by atoms with E-state index in [4.69, 9.17) is 9.47 Å². The van der Waals surface area contributed by atoms with Gasteiger partial charge in [-0.15, -0.1) is 11.3 Å². The van der Waals surface area contributed by atoms with Gasteiger partial charge in [-0.3, -0.25) is 4.79 Å². The van der Waals surface area contributed by atoms with Gasteiger partial charge >= 0.3 is 0 Å².